The zero-order valence-electron chi connectivity index (χ0n) is 16.8. The van der Waals surface area contributed by atoms with Gasteiger partial charge in [0.05, 0.1) is 0 Å². The summed E-state index contributed by atoms with van der Waals surface area (Å²) < 4.78 is 16.2. The Morgan fingerprint density at radius 2 is 1.93 bits per heavy atom. The number of nitrogens with zero attached hydrogens (tertiary/aromatic N) is 3. The van der Waals surface area contributed by atoms with E-state index < -0.39 is 0 Å². The van der Waals surface area contributed by atoms with Crippen LogP contribution >= 0.6 is 0 Å². The molecule has 1 amide bonds. The fourth-order valence-electron chi connectivity index (χ4n) is 3.90. The number of hydrogen-bond acceptors (Lipinski definition) is 6. The molecular weight excluding hydrogens is 382 g/mol. The fraction of sp³-hybridized carbons (Fsp3) is 0.348. The number of aryl methyl sites for hydroxylation is 1. The first-order valence-electron chi connectivity index (χ1n) is 10.3. The molecule has 3 aromatic rings. The van der Waals surface area contributed by atoms with Crippen LogP contribution in [0.4, 0.5) is 5.69 Å². The molecule has 2 aromatic carbocycles. The summed E-state index contributed by atoms with van der Waals surface area (Å²) in [5.74, 6) is 2.32. The molecule has 154 valence electrons. The summed E-state index contributed by atoms with van der Waals surface area (Å²) >= 11 is 0. The van der Waals surface area contributed by atoms with Crippen LogP contribution in [0.25, 0.3) is 11.5 Å². The second-order valence-corrected chi connectivity index (χ2v) is 7.70. The lowest BCUT2D eigenvalue weighted by atomic mass is 10.1. The number of carbonyl (C=O) groups excluding carboxylic acids is 1. The second kappa shape index (κ2) is 7.82. The molecule has 0 saturated carbocycles. The number of ether oxygens (including phenoxy) is 2. The van der Waals surface area contributed by atoms with Gasteiger partial charge in [-0.05, 0) is 48.7 Å². The molecule has 30 heavy (non-hydrogen) atoms. The molecule has 0 aliphatic carbocycles. The summed E-state index contributed by atoms with van der Waals surface area (Å²) in [7, 11) is 0. The number of fused-ring (bicyclic) bond motifs is 1. The number of benzene rings is 2. The monoisotopic (exact) mass is 405 g/mol. The summed E-state index contributed by atoms with van der Waals surface area (Å²) in [6, 6.07) is 13.8. The summed E-state index contributed by atoms with van der Waals surface area (Å²) in [6.07, 6.45) is 3.79. The topological polar surface area (TPSA) is 77.7 Å². The second-order valence-electron chi connectivity index (χ2n) is 7.70. The molecule has 7 nitrogen and oxygen atoms in total. The van der Waals surface area contributed by atoms with Gasteiger partial charge in [-0.25, -0.2) is 0 Å². The molecule has 5 rings (SSSR count). The number of rotatable bonds is 6. The zero-order chi connectivity index (χ0) is 20.5. The molecule has 1 fully saturated rings. The third-order valence-corrected chi connectivity index (χ3v) is 5.62. The Labute approximate surface area is 174 Å². The molecule has 1 saturated heterocycles. The van der Waals surface area contributed by atoms with Gasteiger partial charge in [0.15, 0.2) is 17.3 Å². The molecule has 1 aromatic heterocycles. The van der Waals surface area contributed by atoms with Gasteiger partial charge in [0.1, 0.15) is 0 Å². The molecule has 3 heterocycles. The highest BCUT2D eigenvalue weighted by Gasteiger charge is 2.34. The van der Waals surface area contributed by atoms with Gasteiger partial charge in [-0.1, -0.05) is 30.6 Å². The van der Waals surface area contributed by atoms with Crippen molar-refractivity contribution in [1.82, 2.24) is 10.1 Å². The average Bonchev–Trinajstić information content (AvgIpc) is 3.51. The Hall–Kier alpha value is -3.35. The van der Waals surface area contributed by atoms with Crippen molar-refractivity contribution >= 4 is 11.6 Å². The highest BCUT2D eigenvalue weighted by atomic mass is 16.7. The van der Waals surface area contributed by atoms with E-state index in [-0.39, 0.29) is 18.6 Å². The van der Waals surface area contributed by atoms with Crippen LogP contribution < -0.4 is 14.4 Å². The quantitative estimate of drug-likeness (QED) is 0.608. The van der Waals surface area contributed by atoms with Crippen molar-refractivity contribution in [3.8, 4) is 23.0 Å². The number of hydrogen-bond donors (Lipinski definition) is 0. The van der Waals surface area contributed by atoms with Crippen LogP contribution in [0, 0.1) is 0 Å². The lowest BCUT2D eigenvalue weighted by Gasteiger charge is -2.16. The van der Waals surface area contributed by atoms with E-state index >= 15 is 0 Å². The summed E-state index contributed by atoms with van der Waals surface area (Å²) in [6.45, 7) is 2.95. The van der Waals surface area contributed by atoms with Crippen LogP contribution in [0.15, 0.2) is 47.0 Å². The number of aromatic nitrogens is 2. The highest BCUT2D eigenvalue weighted by Crippen LogP contribution is 2.36. The van der Waals surface area contributed by atoms with E-state index in [0.717, 1.165) is 17.7 Å². The van der Waals surface area contributed by atoms with Gasteiger partial charge in [0.2, 0.25) is 12.7 Å². The molecule has 0 bridgehead atoms. The van der Waals surface area contributed by atoms with Crippen LogP contribution in [0.1, 0.15) is 43.5 Å². The van der Waals surface area contributed by atoms with Crippen molar-refractivity contribution in [2.45, 2.75) is 38.5 Å². The zero-order valence-corrected chi connectivity index (χ0v) is 16.8. The Kier molecular flexibility index (Phi) is 4.86. The van der Waals surface area contributed by atoms with Gasteiger partial charge in [-0.3, -0.25) is 4.79 Å². The van der Waals surface area contributed by atoms with Crippen LogP contribution in [0.2, 0.25) is 0 Å². The van der Waals surface area contributed by atoms with Gasteiger partial charge >= 0.3 is 0 Å². The van der Waals surface area contributed by atoms with Gasteiger partial charge in [-0.2, -0.15) is 4.98 Å². The molecule has 0 spiro atoms. The van der Waals surface area contributed by atoms with Crippen molar-refractivity contribution in [1.29, 1.82) is 0 Å². The fourth-order valence-corrected chi connectivity index (χ4v) is 3.90. The lowest BCUT2D eigenvalue weighted by Crippen LogP contribution is -2.24. The Morgan fingerprint density at radius 3 is 2.77 bits per heavy atom. The van der Waals surface area contributed by atoms with Crippen LogP contribution in [0.3, 0.4) is 0 Å². The highest BCUT2D eigenvalue weighted by molar-refractivity contribution is 5.96. The smallest absolute Gasteiger partial charge is 0.258 e. The van der Waals surface area contributed by atoms with Crippen molar-refractivity contribution in [3.63, 3.8) is 0 Å². The van der Waals surface area contributed by atoms with Crippen molar-refractivity contribution in [3.05, 3.63) is 53.9 Å². The van der Waals surface area contributed by atoms with Crippen molar-refractivity contribution in [2.24, 2.45) is 0 Å². The van der Waals surface area contributed by atoms with E-state index in [1.165, 1.54) is 18.4 Å². The Morgan fingerprint density at radius 1 is 1.10 bits per heavy atom. The third kappa shape index (κ3) is 3.51. The lowest BCUT2D eigenvalue weighted by molar-refractivity contribution is -0.117. The van der Waals surface area contributed by atoms with E-state index in [0.29, 0.717) is 36.2 Å². The first kappa shape index (κ1) is 18.7. The number of carbonyl (C=O) groups is 1. The van der Waals surface area contributed by atoms with Crippen molar-refractivity contribution < 1.29 is 18.8 Å². The van der Waals surface area contributed by atoms with Gasteiger partial charge < -0.3 is 18.9 Å². The van der Waals surface area contributed by atoms with Gasteiger partial charge in [-0.15, -0.1) is 0 Å². The molecule has 0 radical (unpaired) electrons. The number of unbranched alkanes of at least 4 members (excludes halogenated alkanes) is 1. The first-order valence-corrected chi connectivity index (χ1v) is 10.3. The predicted octanol–water partition coefficient (Wildman–Crippen LogP) is 4.33. The summed E-state index contributed by atoms with van der Waals surface area (Å²) in [4.78, 5) is 19.0. The SMILES string of the molecule is CCCCc1ccc(N2CC(c3noc(-c4ccc5c(c4)OCO5)n3)CC2=O)cc1. The maximum Gasteiger partial charge on any atom is 0.258 e. The minimum atomic E-state index is -0.0937. The maximum atomic E-state index is 12.6. The molecule has 1 atom stereocenters. The summed E-state index contributed by atoms with van der Waals surface area (Å²) in [5.41, 5.74) is 2.99. The van der Waals surface area contributed by atoms with E-state index in [1.807, 2.05) is 35.2 Å². The third-order valence-electron chi connectivity index (χ3n) is 5.62. The van der Waals surface area contributed by atoms with Crippen LogP contribution in [-0.4, -0.2) is 29.4 Å². The molecule has 2 aliphatic heterocycles. The minimum Gasteiger partial charge on any atom is -0.454 e. The van der Waals surface area contributed by atoms with Gasteiger partial charge in [0.25, 0.3) is 5.89 Å². The Bertz CT molecular complexity index is 1060. The predicted molar refractivity (Wildman–Crippen MR) is 111 cm³/mol. The Balaban J connectivity index is 1.30. The van der Waals surface area contributed by atoms with E-state index in [9.17, 15) is 4.79 Å². The normalized spacial score (nSPS) is 17.7. The van der Waals surface area contributed by atoms with E-state index in [1.54, 1.807) is 0 Å². The molecule has 7 heteroatoms. The largest absolute Gasteiger partial charge is 0.454 e. The standard InChI is InChI=1S/C23H23N3O4/c1-2-3-4-15-5-8-18(9-6-15)26-13-17(12-21(26)27)22-24-23(30-25-22)16-7-10-19-20(11-16)29-14-28-19/h5-11,17H,2-4,12-14H2,1H3. The minimum absolute atomic E-state index is 0.0794. The molecule has 1 unspecified atom stereocenters. The number of amides is 1. The molecular formula is C23H23N3O4. The molecule has 2 aliphatic rings. The maximum absolute atomic E-state index is 12.6. The molecule has 0 N–H and O–H groups in total. The number of anilines is 1. The van der Waals surface area contributed by atoms with Crippen molar-refractivity contribution in [2.75, 3.05) is 18.2 Å². The van der Waals surface area contributed by atoms with E-state index in [2.05, 4.69) is 29.2 Å². The summed E-state index contributed by atoms with van der Waals surface area (Å²) in [5, 5.41) is 4.14. The van der Waals surface area contributed by atoms with Crippen LogP contribution in [-0.2, 0) is 11.2 Å². The first-order chi connectivity index (χ1) is 14.7. The average molecular weight is 405 g/mol. The van der Waals surface area contributed by atoms with Crippen LogP contribution in [0.5, 0.6) is 11.5 Å². The van der Waals surface area contributed by atoms with Gasteiger partial charge in [0, 0.05) is 30.1 Å². The van der Waals surface area contributed by atoms with E-state index in [4.69, 9.17) is 14.0 Å².